The van der Waals surface area contributed by atoms with Crippen LogP contribution in [0.1, 0.15) is 62.1 Å². The molecular formula is C28H31FN2O5. The molecule has 2 amide bonds. The summed E-state index contributed by atoms with van der Waals surface area (Å²) in [6.07, 6.45) is 3.89. The van der Waals surface area contributed by atoms with Crippen molar-refractivity contribution in [1.29, 1.82) is 0 Å². The fraction of sp³-hybridized carbons (Fsp3) is 0.464. The second kappa shape index (κ2) is 10.3. The van der Waals surface area contributed by atoms with Gasteiger partial charge >= 0.3 is 12.1 Å². The molecule has 0 radical (unpaired) electrons. The molecule has 3 atom stereocenters. The predicted octanol–water partition coefficient (Wildman–Crippen LogP) is 5.14. The van der Waals surface area contributed by atoms with Crippen LogP contribution in [-0.4, -0.2) is 42.1 Å². The lowest BCUT2D eigenvalue weighted by molar-refractivity contribution is -0.145. The molecule has 5 rings (SSSR count). The lowest BCUT2D eigenvalue weighted by Gasteiger charge is -2.47. The topological polar surface area (TPSA) is 76.2 Å². The van der Waals surface area contributed by atoms with E-state index in [4.69, 9.17) is 9.47 Å². The van der Waals surface area contributed by atoms with Gasteiger partial charge in [-0.25, -0.2) is 9.18 Å². The third kappa shape index (κ3) is 4.81. The van der Waals surface area contributed by atoms with Gasteiger partial charge < -0.3 is 14.4 Å². The monoisotopic (exact) mass is 494 g/mol. The molecule has 0 N–H and O–H groups in total. The average Bonchev–Trinajstić information content (AvgIpc) is 3.61. The number of fused-ring (bicyclic) bond motifs is 2. The number of hydrogen-bond donors (Lipinski definition) is 0. The van der Waals surface area contributed by atoms with E-state index >= 15 is 0 Å². The van der Waals surface area contributed by atoms with Gasteiger partial charge in [0.15, 0.2) is 0 Å². The number of halogens is 1. The van der Waals surface area contributed by atoms with Crippen molar-refractivity contribution in [3.8, 4) is 0 Å². The van der Waals surface area contributed by atoms with Crippen LogP contribution in [0.2, 0.25) is 0 Å². The van der Waals surface area contributed by atoms with Gasteiger partial charge in [0.25, 0.3) is 0 Å². The highest BCUT2D eigenvalue weighted by molar-refractivity contribution is 5.91. The molecule has 0 aromatic heterocycles. The first kappa shape index (κ1) is 24.3. The van der Waals surface area contributed by atoms with Crippen molar-refractivity contribution in [3.63, 3.8) is 0 Å². The van der Waals surface area contributed by atoms with Crippen molar-refractivity contribution >= 4 is 23.7 Å². The number of ether oxygens (including phenoxy) is 2. The van der Waals surface area contributed by atoms with E-state index in [-0.39, 0.29) is 49.4 Å². The van der Waals surface area contributed by atoms with Crippen LogP contribution in [0.4, 0.5) is 14.9 Å². The normalized spacial score (nSPS) is 22.4. The Morgan fingerprint density at radius 3 is 2.53 bits per heavy atom. The van der Waals surface area contributed by atoms with Crippen LogP contribution in [0.3, 0.4) is 0 Å². The van der Waals surface area contributed by atoms with E-state index in [1.807, 2.05) is 35.2 Å². The highest BCUT2D eigenvalue weighted by Gasteiger charge is 2.51. The average molecular weight is 495 g/mol. The van der Waals surface area contributed by atoms with Gasteiger partial charge in [-0.1, -0.05) is 42.8 Å². The van der Waals surface area contributed by atoms with E-state index in [0.717, 1.165) is 43.2 Å². The summed E-state index contributed by atoms with van der Waals surface area (Å²) >= 11 is 0. The van der Waals surface area contributed by atoms with Gasteiger partial charge in [-0.2, -0.15) is 0 Å². The van der Waals surface area contributed by atoms with E-state index in [1.165, 1.54) is 19.2 Å². The lowest BCUT2D eigenvalue weighted by atomic mass is 9.81. The quantitative estimate of drug-likeness (QED) is 0.499. The second-order valence-electron chi connectivity index (χ2n) is 9.83. The number of rotatable bonds is 7. The fourth-order valence-corrected chi connectivity index (χ4v) is 5.80. The van der Waals surface area contributed by atoms with Crippen LogP contribution in [0.25, 0.3) is 0 Å². The van der Waals surface area contributed by atoms with Gasteiger partial charge in [-0.05, 0) is 48.9 Å². The lowest BCUT2D eigenvalue weighted by Crippen LogP contribution is -2.53. The van der Waals surface area contributed by atoms with Crippen LogP contribution in [0, 0.1) is 11.7 Å². The molecule has 1 heterocycles. The van der Waals surface area contributed by atoms with Crippen molar-refractivity contribution < 1.29 is 28.2 Å². The van der Waals surface area contributed by atoms with E-state index in [2.05, 4.69) is 0 Å². The minimum absolute atomic E-state index is 0.00918. The number of amides is 2. The van der Waals surface area contributed by atoms with E-state index in [9.17, 15) is 18.8 Å². The Hall–Kier alpha value is -3.42. The van der Waals surface area contributed by atoms with Crippen molar-refractivity contribution in [1.82, 2.24) is 4.90 Å². The number of anilines is 1. The minimum atomic E-state index is -0.504. The largest absolute Gasteiger partial charge is 0.469 e. The SMILES string of the molecule is COC(=O)CCC(=O)N(C1CC1)[C@H]1c2ccc(F)cc2N(C(=O)OCc2ccccc2)[C@@H]2CCC[C@@H]21. The first-order valence-electron chi connectivity index (χ1n) is 12.6. The summed E-state index contributed by atoms with van der Waals surface area (Å²) in [5.41, 5.74) is 2.10. The molecular weight excluding hydrogens is 463 g/mol. The number of carbonyl (C=O) groups is 3. The Morgan fingerprint density at radius 2 is 1.81 bits per heavy atom. The van der Waals surface area contributed by atoms with Crippen LogP contribution in [0.15, 0.2) is 48.5 Å². The van der Waals surface area contributed by atoms with Crippen LogP contribution < -0.4 is 4.90 Å². The molecule has 2 saturated carbocycles. The molecule has 2 aromatic rings. The first-order valence-corrected chi connectivity index (χ1v) is 12.6. The zero-order chi connectivity index (χ0) is 25.2. The Kier molecular flexibility index (Phi) is 6.94. The number of esters is 1. The molecule has 0 spiro atoms. The summed E-state index contributed by atoms with van der Waals surface area (Å²) in [7, 11) is 1.31. The summed E-state index contributed by atoms with van der Waals surface area (Å²) < 4.78 is 24.9. The molecule has 36 heavy (non-hydrogen) atoms. The number of nitrogens with zero attached hydrogens (tertiary/aromatic N) is 2. The Morgan fingerprint density at radius 1 is 1.03 bits per heavy atom. The highest BCUT2D eigenvalue weighted by atomic mass is 19.1. The van der Waals surface area contributed by atoms with Crippen LogP contribution in [0.5, 0.6) is 0 Å². The molecule has 3 aliphatic rings. The third-order valence-electron chi connectivity index (χ3n) is 7.54. The summed E-state index contributed by atoms with van der Waals surface area (Å²) in [5.74, 6) is -0.958. The molecule has 2 aromatic carbocycles. The zero-order valence-corrected chi connectivity index (χ0v) is 20.4. The standard InChI is InChI=1S/C28H31FN2O5/c1-35-26(33)15-14-25(32)30(20-11-12-20)27-21-8-5-9-23(21)31(24-16-19(29)10-13-22(24)27)28(34)36-17-18-6-3-2-4-7-18/h2-4,6-7,10,13,16,20-21,23,27H,5,8-9,11-12,14-15,17H2,1H3/t21-,23+,27+/m0/s1. The Balaban J connectivity index is 1.47. The summed E-state index contributed by atoms with van der Waals surface area (Å²) in [6, 6.07) is 13.5. The summed E-state index contributed by atoms with van der Waals surface area (Å²) in [4.78, 5) is 42.1. The van der Waals surface area contributed by atoms with E-state index in [1.54, 1.807) is 11.0 Å². The van der Waals surface area contributed by atoms with Crippen LogP contribution in [-0.2, 0) is 25.7 Å². The number of benzene rings is 2. The maximum absolute atomic E-state index is 14.5. The van der Waals surface area contributed by atoms with Crippen molar-refractivity contribution in [2.75, 3.05) is 12.0 Å². The van der Waals surface area contributed by atoms with Gasteiger partial charge in [0, 0.05) is 24.4 Å². The molecule has 2 fully saturated rings. The van der Waals surface area contributed by atoms with E-state index in [0.29, 0.717) is 5.69 Å². The predicted molar refractivity (Wildman–Crippen MR) is 130 cm³/mol. The molecule has 2 aliphatic carbocycles. The maximum Gasteiger partial charge on any atom is 0.414 e. The maximum atomic E-state index is 14.5. The Bertz CT molecular complexity index is 1140. The van der Waals surface area contributed by atoms with Crippen molar-refractivity contribution in [2.45, 2.75) is 69.7 Å². The number of carbonyl (C=O) groups excluding carboxylic acids is 3. The second-order valence-corrected chi connectivity index (χ2v) is 9.83. The summed E-state index contributed by atoms with van der Waals surface area (Å²) in [5, 5.41) is 0. The number of methoxy groups -OCH3 is 1. The minimum Gasteiger partial charge on any atom is -0.469 e. The van der Waals surface area contributed by atoms with Gasteiger partial charge in [0.05, 0.1) is 25.3 Å². The Labute approximate surface area is 210 Å². The third-order valence-corrected chi connectivity index (χ3v) is 7.54. The first-order chi connectivity index (χ1) is 17.5. The molecule has 7 nitrogen and oxygen atoms in total. The summed E-state index contributed by atoms with van der Waals surface area (Å²) in [6.45, 7) is 0.127. The van der Waals surface area contributed by atoms with Crippen molar-refractivity contribution in [3.05, 3.63) is 65.5 Å². The molecule has 0 saturated heterocycles. The van der Waals surface area contributed by atoms with Crippen molar-refractivity contribution in [2.24, 2.45) is 5.92 Å². The zero-order valence-electron chi connectivity index (χ0n) is 20.4. The molecule has 0 bridgehead atoms. The van der Waals surface area contributed by atoms with Gasteiger partial charge in [0.1, 0.15) is 12.4 Å². The van der Waals surface area contributed by atoms with E-state index < -0.39 is 17.9 Å². The molecule has 1 aliphatic heterocycles. The molecule has 0 unspecified atom stereocenters. The fourth-order valence-electron chi connectivity index (χ4n) is 5.80. The van der Waals surface area contributed by atoms with Crippen LogP contribution >= 0.6 is 0 Å². The smallest absolute Gasteiger partial charge is 0.414 e. The highest BCUT2D eigenvalue weighted by Crippen LogP contribution is 2.53. The molecule has 190 valence electrons. The van der Waals surface area contributed by atoms with Gasteiger partial charge in [-0.3, -0.25) is 14.5 Å². The van der Waals surface area contributed by atoms with Gasteiger partial charge in [-0.15, -0.1) is 0 Å². The molecule has 8 heteroatoms. The number of hydrogen-bond acceptors (Lipinski definition) is 5. The van der Waals surface area contributed by atoms with Gasteiger partial charge in [0.2, 0.25) is 5.91 Å².